The van der Waals surface area contributed by atoms with Gasteiger partial charge in [0.25, 0.3) is 5.19 Å². The summed E-state index contributed by atoms with van der Waals surface area (Å²) >= 11 is 1.59. The van der Waals surface area contributed by atoms with Crippen molar-refractivity contribution in [3.05, 3.63) is 11.6 Å². The van der Waals surface area contributed by atoms with Crippen LogP contribution >= 0.6 is 11.3 Å². The minimum Gasteiger partial charge on any atom is -0.465 e. The van der Waals surface area contributed by atoms with E-state index in [0.29, 0.717) is 6.10 Å². The summed E-state index contributed by atoms with van der Waals surface area (Å²) in [7, 11) is 0. The molecule has 2 fully saturated rings. The Morgan fingerprint density at radius 2 is 2.33 bits per heavy atom. The van der Waals surface area contributed by atoms with Crippen LogP contribution in [0.15, 0.2) is 11.6 Å². The molecule has 1 aromatic rings. The number of ether oxygens (including phenoxy) is 1. The number of hydrogen-bond donors (Lipinski definition) is 0. The molecule has 1 unspecified atom stereocenters. The minimum atomic E-state index is 0.372. The smallest absolute Gasteiger partial charge is 0.273 e. The van der Waals surface area contributed by atoms with E-state index in [9.17, 15) is 0 Å². The third-order valence-corrected chi connectivity index (χ3v) is 4.11. The fourth-order valence-electron chi connectivity index (χ4n) is 2.34. The van der Waals surface area contributed by atoms with E-state index in [4.69, 9.17) is 4.74 Å². The van der Waals surface area contributed by atoms with Crippen molar-refractivity contribution < 1.29 is 4.74 Å². The van der Waals surface area contributed by atoms with E-state index in [2.05, 4.69) is 9.88 Å². The van der Waals surface area contributed by atoms with Crippen LogP contribution in [0.5, 0.6) is 5.19 Å². The van der Waals surface area contributed by atoms with Gasteiger partial charge in [0.1, 0.15) is 6.10 Å². The molecule has 1 aliphatic heterocycles. The first kappa shape index (κ1) is 9.60. The van der Waals surface area contributed by atoms with Crippen LogP contribution in [0.2, 0.25) is 0 Å². The number of rotatable bonds is 3. The number of nitrogens with zero attached hydrogens (tertiary/aromatic N) is 2. The summed E-state index contributed by atoms with van der Waals surface area (Å²) in [5, 5.41) is 2.80. The minimum absolute atomic E-state index is 0.372. The topological polar surface area (TPSA) is 25.4 Å². The predicted octanol–water partition coefficient (Wildman–Crippen LogP) is 2.15. The predicted molar refractivity (Wildman–Crippen MR) is 60.4 cm³/mol. The normalized spacial score (nSPS) is 27.9. The van der Waals surface area contributed by atoms with Crippen molar-refractivity contribution in [2.75, 3.05) is 13.1 Å². The molecule has 1 atom stereocenters. The number of likely N-dealkylation sites (tertiary alicyclic amines) is 1. The summed E-state index contributed by atoms with van der Waals surface area (Å²) < 4.78 is 5.83. The van der Waals surface area contributed by atoms with E-state index in [1.165, 1.54) is 25.8 Å². The fourth-order valence-corrected chi connectivity index (χ4v) is 2.90. The highest BCUT2D eigenvalue weighted by Gasteiger charge is 2.32. The molecular weight excluding hydrogens is 208 g/mol. The van der Waals surface area contributed by atoms with E-state index in [1.54, 1.807) is 17.5 Å². The zero-order valence-electron chi connectivity index (χ0n) is 8.76. The van der Waals surface area contributed by atoms with Crippen LogP contribution in [0.3, 0.4) is 0 Å². The molecular formula is C11H16N2OS. The van der Waals surface area contributed by atoms with Gasteiger partial charge in [-0.2, -0.15) is 0 Å². The van der Waals surface area contributed by atoms with Crippen molar-refractivity contribution >= 4 is 11.3 Å². The molecule has 1 aromatic heterocycles. The molecule has 0 spiro atoms. The Morgan fingerprint density at radius 3 is 3.00 bits per heavy atom. The third-order valence-electron chi connectivity index (χ3n) is 3.44. The van der Waals surface area contributed by atoms with Crippen molar-refractivity contribution in [3.8, 4) is 5.19 Å². The standard InChI is InChI=1S/C11H16N2OS/c1-2-9(3-1)13-6-4-10(8-13)14-11-12-5-7-15-11/h5,7,9-10H,1-4,6,8H2. The Balaban J connectivity index is 1.52. The SMILES string of the molecule is c1csc(OC2CCN(C3CCC3)C2)n1. The molecule has 0 N–H and O–H groups in total. The first-order chi connectivity index (χ1) is 7.42. The molecule has 82 valence electrons. The Labute approximate surface area is 94.1 Å². The molecule has 3 nitrogen and oxygen atoms in total. The lowest BCUT2D eigenvalue weighted by Gasteiger charge is -2.34. The van der Waals surface area contributed by atoms with Crippen LogP contribution in [0.4, 0.5) is 0 Å². The molecule has 0 amide bonds. The third kappa shape index (κ3) is 2.01. The Kier molecular flexibility index (Phi) is 2.63. The van der Waals surface area contributed by atoms with Gasteiger partial charge in [-0.15, -0.1) is 0 Å². The summed E-state index contributed by atoms with van der Waals surface area (Å²) in [4.78, 5) is 6.75. The maximum atomic E-state index is 5.83. The lowest BCUT2D eigenvalue weighted by atomic mass is 9.92. The van der Waals surface area contributed by atoms with Gasteiger partial charge in [0, 0.05) is 30.7 Å². The molecule has 1 aliphatic carbocycles. The first-order valence-corrected chi connectivity index (χ1v) is 6.60. The summed E-state index contributed by atoms with van der Waals surface area (Å²) in [5.41, 5.74) is 0. The molecule has 2 aliphatic rings. The van der Waals surface area contributed by atoms with Gasteiger partial charge >= 0.3 is 0 Å². The van der Waals surface area contributed by atoms with Gasteiger partial charge in [0.15, 0.2) is 0 Å². The largest absolute Gasteiger partial charge is 0.465 e. The second-order valence-corrected chi connectivity index (χ2v) is 5.26. The zero-order chi connectivity index (χ0) is 10.1. The molecule has 0 aromatic carbocycles. The average molecular weight is 224 g/mol. The fraction of sp³-hybridized carbons (Fsp3) is 0.727. The second kappa shape index (κ2) is 4.10. The van der Waals surface area contributed by atoms with Crippen LogP contribution in [-0.4, -0.2) is 35.1 Å². The van der Waals surface area contributed by atoms with E-state index in [1.807, 2.05) is 5.38 Å². The van der Waals surface area contributed by atoms with Crippen molar-refractivity contribution in [3.63, 3.8) is 0 Å². The number of thiazole rings is 1. The van der Waals surface area contributed by atoms with Crippen molar-refractivity contribution in [2.24, 2.45) is 0 Å². The van der Waals surface area contributed by atoms with Crippen LogP contribution < -0.4 is 4.74 Å². The Bertz CT molecular complexity index is 310. The summed E-state index contributed by atoms with van der Waals surface area (Å²) in [6.07, 6.45) is 7.54. The van der Waals surface area contributed by atoms with Crippen LogP contribution in [-0.2, 0) is 0 Å². The van der Waals surface area contributed by atoms with Gasteiger partial charge in [-0.1, -0.05) is 17.8 Å². The van der Waals surface area contributed by atoms with Crippen molar-refractivity contribution in [1.29, 1.82) is 0 Å². The van der Waals surface area contributed by atoms with Gasteiger partial charge in [0.05, 0.1) is 0 Å². The van der Waals surface area contributed by atoms with Crippen LogP contribution in [0.1, 0.15) is 25.7 Å². The van der Waals surface area contributed by atoms with Crippen LogP contribution in [0, 0.1) is 0 Å². The molecule has 0 radical (unpaired) electrons. The molecule has 3 rings (SSSR count). The molecule has 1 saturated carbocycles. The highest BCUT2D eigenvalue weighted by molar-refractivity contribution is 7.11. The van der Waals surface area contributed by atoms with Gasteiger partial charge in [-0.3, -0.25) is 4.90 Å². The van der Waals surface area contributed by atoms with E-state index in [0.717, 1.165) is 24.2 Å². The second-order valence-electron chi connectivity index (χ2n) is 4.41. The first-order valence-electron chi connectivity index (χ1n) is 5.72. The lowest BCUT2D eigenvalue weighted by molar-refractivity contribution is 0.133. The van der Waals surface area contributed by atoms with Gasteiger partial charge < -0.3 is 4.74 Å². The van der Waals surface area contributed by atoms with E-state index in [-0.39, 0.29) is 0 Å². The van der Waals surface area contributed by atoms with E-state index < -0.39 is 0 Å². The van der Waals surface area contributed by atoms with Gasteiger partial charge in [-0.05, 0) is 19.3 Å². The quantitative estimate of drug-likeness (QED) is 0.786. The van der Waals surface area contributed by atoms with Gasteiger partial charge in [-0.25, -0.2) is 4.98 Å². The van der Waals surface area contributed by atoms with Crippen LogP contribution in [0.25, 0.3) is 0 Å². The summed E-state index contributed by atoms with van der Waals surface area (Å²) in [6.45, 7) is 2.31. The Hall–Kier alpha value is -0.610. The maximum Gasteiger partial charge on any atom is 0.273 e. The van der Waals surface area contributed by atoms with Gasteiger partial charge in [0.2, 0.25) is 0 Å². The van der Waals surface area contributed by atoms with Crippen molar-refractivity contribution in [2.45, 2.75) is 37.8 Å². The maximum absolute atomic E-state index is 5.83. The molecule has 2 heterocycles. The summed E-state index contributed by atoms with van der Waals surface area (Å²) in [6, 6.07) is 0.856. The number of hydrogen-bond acceptors (Lipinski definition) is 4. The number of aromatic nitrogens is 1. The molecule has 15 heavy (non-hydrogen) atoms. The average Bonchev–Trinajstić information content (AvgIpc) is 2.75. The van der Waals surface area contributed by atoms with E-state index >= 15 is 0 Å². The zero-order valence-corrected chi connectivity index (χ0v) is 9.58. The summed E-state index contributed by atoms with van der Waals surface area (Å²) in [5.74, 6) is 0. The highest BCUT2D eigenvalue weighted by atomic mass is 32.1. The molecule has 4 heteroatoms. The molecule has 1 saturated heterocycles. The highest BCUT2D eigenvalue weighted by Crippen LogP contribution is 2.29. The monoisotopic (exact) mass is 224 g/mol. The Morgan fingerprint density at radius 1 is 1.40 bits per heavy atom. The lowest BCUT2D eigenvalue weighted by Crippen LogP contribution is -2.39. The molecule has 0 bridgehead atoms. The van der Waals surface area contributed by atoms with Crippen molar-refractivity contribution in [1.82, 2.24) is 9.88 Å².